The van der Waals surface area contributed by atoms with Crippen molar-refractivity contribution in [3.8, 4) is 0 Å². The van der Waals surface area contributed by atoms with Crippen molar-refractivity contribution in [1.29, 1.82) is 0 Å². The Balaban J connectivity index is 0.000000354. The summed E-state index contributed by atoms with van der Waals surface area (Å²) in [6, 6.07) is 0. The van der Waals surface area contributed by atoms with E-state index in [-0.39, 0.29) is 17.8 Å². The zero-order valence-electron chi connectivity index (χ0n) is 36.9. The molecular formula is C45H58B9N9. The Kier molecular flexibility index (Phi) is 36.0. The van der Waals surface area contributed by atoms with Crippen LogP contribution in [0.25, 0.3) is 0 Å². The average molecular weight is 822 g/mol. The molecule has 63 heavy (non-hydrogen) atoms. The molecule has 0 aromatic rings. The van der Waals surface area contributed by atoms with E-state index >= 15 is 0 Å². The number of allylic oxidation sites excluding steroid dienone is 10. The zero-order valence-corrected chi connectivity index (χ0v) is 36.9. The van der Waals surface area contributed by atoms with Gasteiger partial charge >= 0.3 is 0 Å². The van der Waals surface area contributed by atoms with Gasteiger partial charge < -0.3 is 31.3 Å². The molecule has 0 bridgehead atoms. The van der Waals surface area contributed by atoms with Gasteiger partial charge in [-0.15, -0.1) is 0 Å². The van der Waals surface area contributed by atoms with Crippen LogP contribution in [0.3, 0.4) is 0 Å². The van der Waals surface area contributed by atoms with Crippen molar-refractivity contribution < 1.29 is 0 Å². The van der Waals surface area contributed by atoms with Crippen molar-refractivity contribution in [2.24, 2.45) is 25.0 Å². The van der Waals surface area contributed by atoms with Gasteiger partial charge in [-0.1, -0.05) is 97.2 Å². The minimum atomic E-state index is -0.0752. The monoisotopic (exact) mass is 824 g/mol. The number of aliphatic imine (C=N–C) groups is 5. The summed E-state index contributed by atoms with van der Waals surface area (Å²) in [5.74, 6) is 0.229. The van der Waals surface area contributed by atoms with E-state index in [2.05, 4.69) is 58.4 Å². The van der Waals surface area contributed by atoms with E-state index in [1.54, 1.807) is 6.20 Å². The molecule has 0 fully saturated rings. The summed E-state index contributed by atoms with van der Waals surface area (Å²) < 4.78 is 0. The Hall–Kier alpha value is -4.57. The lowest BCUT2D eigenvalue weighted by molar-refractivity contribution is 0.670. The standard InChI is InChI=1S/2C5H8BN.7C5H6BN/c9*6-5-3-1-2-4-7-5/h2,4-5,7H,1,3H2;1,3,5,7H,2,4H2;3-4H,1-2H2;2,4H,1,3H2;2-4,7H,1H2;1,3H,2,4H2;1,3-5H,2H2;1-2H,3-4H2;1-3,7H,4H2. The van der Waals surface area contributed by atoms with Crippen molar-refractivity contribution in [1.82, 2.24) is 21.3 Å². The first-order chi connectivity index (χ1) is 30.5. The molecule has 310 valence electrons. The maximum Gasteiger partial charge on any atom is 0.141 e. The number of hydrogen-bond acceptors (Lipinski definition) is 9. The molecule has 18 radical (unpaired) electrons. The molecule has 0 aromatic heterocycles. The van der Waals surface area contributed by atoms with Crippen molar-refractivity contribution in [3.05, 3.63) is 133 Å². The lowest BCUT2D eigenvalue weighted by Gasteiger charge is -2.14. The molecule has 0 saturated carbocycles. The molecule has 9 aliphatic rings. The Bertz CT molecular complexity index is 1650. The van der Waals surface area contributed by atoms with Crippen molar-refractivity contribution in [3.63, 3.8) is 0 Å². The predicted molar refractivity (Wildman–Crippen MR) is 283 cm³/mol. The van der Waals surface area contributed by atoms with Gasteiger partial charge in [0, 0.05) is 44.1 Å². The summed E-state index contributed by atoms with van der Waals surface area (Å²) in [5.41, 5.74) is 4.33. The molecule has 0 aromatic carbocycles. The quantitative estimate of drug-likeness (QED) is 0.216. The van der Waals surface area contributed by atoms with Crippen LogP contribution in [0.4, 0.5) is 0 Å². The van der Waals surface area contributed by atoms with Crippen LogP contribution >= 0.6 is 0 Å². The van der Waals surface area contributed by atoms with Gasteiger partial charge in [0.1, 0.15) is 54.9 Å². The van der Waals surface area contributed by atoms with Crippen LogP contribution < -0.4 is 21.3 Å². The maximum atomic E-state index is 5.47. The third-order valence-electron chi connectivity index (χ3n) is 8.21. The number of hydrogen-bond donors (Lipinski definition) is 4. The van der Waals surface area contributed by atoms with E-state index in [4.69, 9.17) is 70.6 Å². The second-order valence-corrected chi connectivity index (χ2v) is 13.9. The lowest BCUT2D eigenvalue weighted by atomic mass is 9.90. The highest BCUT2D eigenvalue weighted by Crippen LogP contribution is 2.01. The molecule has 18 heteroatoms. The van der Waals surface area contributed by atoms with Crippen LogP contribution in [-0.2, 0) is 0 Å². The summed E-state index contributed by atoms with van der Waals surface area (Å²) in [7, 11) is 48.2. The molecule has 9 heterocycles. The fraction of sp³-hybridized carbons (Fsp3) is 0.400. The molecule has 0 aliphatic carbocycles. The highest BCUT2D eigenvalue weighted by Gasteiger charge is 1.99. The van der Waals surface area contributed by atoms with E-state index in [0.29, 0.717) is 11.2 Å². The van der Waals surface area contributed by atoms with E-state index in [0.717, 1.165) is 119 Å². The first-order valence-corrected chi connectivity index (χ1v) is 21.4. The maximum absolute atomic E-state index is 5.47. The minimum Gasteiger partial charge on any atom is -0.397 e. The second kappa shape index (κ2) is 40.2. The van der Waals surface area contributed by atoms with Gasteiger partial charge in [-0.05, 0) is 129 Å². The summed E-state index contributed by atoms with van der Waals surface area (Å²) in [5, 5.41) is 11.8. The highest BCUT2D eigenvalue weighted by molar-refractivity contribution is 6.63. The number of rotatable bonds is 0. The molecule has 0 saturated heterocycles. The molecule has 9 aliphatic heterocycles. The second-order valence-electron chi connectivity index (χ2n) is 13.9. The Morgan fingerprint density at radius 1 is 0.667 bits per heavy atom. The van der Waals surface area contributed by atoms with Gasteiger partial charge in [-0.2, -0.15) is 0 Å². The first-order valence-electron chi connectivity index (χ1n) is 21.4. The molecule has 4 N–H and O–H groups in total. The summed E-state index contributed by atoms with van der Waals surface area (Å²) in [6.07, 6.45) is 51.9. The third-order valence-corrected chi connectivity index (χ3v) is 8.21. The molecule has 3 atom stereocenters. The number of dihydropyridines is 5. The average Bonchev–Trinajstić information content (AvgIpc) is 3.31. The van der Waals surface area contributed by atoms with E-state index in [1.807, 2.05) is 110 Å². The molecular weight excluding hydrogens is 764 g/mol. The molecule has 3 unspecified atom stereocenters. The van der Waals surface area contributed by atoms with Crippen LogP contribution in [0.2, 0.25) is 0 Å². The topological polar surface area (TPSA) is 110 Å². The van der Waals surface area contributed by atoms with E-state index < -0.39 is 0 Å². The lowest BCUT2D eigenvalue weighted by Crippen LogP contribution is -2.30. The van der Waals surface area contributed by atoms with Gasteiger partial charge in [0.25, 0.3) is 0 Å². The van der Waals surface area contributed by atoms with Gasteiger partial charge in [0.15, 0.2) is 0 Å². The molecule has 0 spiro atoms. The van der Waals surface area contributed by atoms with E-state index in [1.165, 1.54) is 0 Å². The first kappa shape index (κ1) is 56.5. The fourth-order valence-electron chi connectivity index (χ4n) is 4.83. The smallest absolute Gasteiger partial charge is 0.141 e. The Morgan fingerprint density at radius 2 is 1.52 bits per heavy atom. The van der Waals surface area contributed by atoms with Crippen LogP contribution in [0.5, 0.6) is 0 Å². The van der Waals surface area contributed by atoms with Crippen LogP contribution in [0, 0.1) is 0 Å². The zero-order chi connectivity index (χ0) is 46.0. The Morgan fingerprint density at radius 3 is 1.81 bits per heavy atom. The SMILES string of the molecule is [B]C1=CC=CCN1.[B]C1=CCC=CN1.[B]C1=CCCC=N1.[B]C1=NC=CCC1.[B]C1=NCC=CC1.[B]C1=NCCC=C1.[B]C1C=CCC=N1.[B]C1C=CCCN1.[B]C1CCC=CN1. The van der Waals surface area contributed by atoms with Gasteiger partial charge in [0.05, 0.1) is 22.2 Å². The molecule has 9 rings (SSSR count). The van der Waals surface area contributed by atoms with Crippen molar-refractivity contribution in [2.45, 2.75) is 88.5 Å². The summed E-state index contributed by atoms with van der Waals surface area (Å²) in [6.45, 7) is 3.52. The van der Waals surface area contributed by atoms with Gasteiger partial charge in [-0.3, -0.25) is 15.0 Å². The number of nitrogens with one attached hydrogen (secondary N) is 4. The summed E-state index contributed by atoms with van der Waals surface area (Å²) >= 11 is 0. The van der Waals surface area contributed by atoms with Gasteiger partial charge in [0.2, 0.25) is 0 Å². The van der Waals surface area contributed by atoms with E-state index in [9.17, 15) is 0 Å². The summed E-state index contributed by atoms with van der Waals surface area (Å²) in [4.78, 5) is 19.5. The largest absolute Gasteiger partial charge is 0.397 e. The van der Waals surface area contributed by atoms with Gasteiger partial charge in [-0.25, -0.2) is 0 Å². The molecule has 0 amide bonds. The van der Waals surface area contributed by atoms with Crippen molar-refractivity contribution >= 4 is 99.9 Å². The Labute approximate surface area is 391 Å². The normalized spacial score (nSPS) is 22.3. The van der Waals surface area contributed by atoms with Crippen LogP contribution in [0.1, 0.15) is 70.6 Å². The fourth-order valence-corrected chi connectivity index (χ4v) is 4.83. The third kappa shape index (κ3) is 38.8. The van der Waals surface area contributed by atoms with Crippen molar-refractivity contribution in [2.75, 3.05) is 26.2 Å². The van der Waals surface area contributed by atoms with Crippen LogP contribution in [0.15, 0.2) is 158 Å². The number of nitrogens with zero attached hydrogens (tertiary/aromatic N) is 5. The predicted octanol–water partition coefficient (Wildman–Crippen LogP) is 4.33. The highest BCUT2D eigenvalue weighted by atomic mass is 14.9. The minimum absolute atomic E-state index is 0.0752. The van der Waals surface area contributed by atoms with Crippen LogP contribution in [-0.4, -0.2) is 144 Å². The molecule has 9 nitrogen and oxygen atoms in total.